The minimum Gasteiger partial charge on any atom is -0.526 e. The number of nitrogens with one attached hydrogen (secondary N) is 1. The second-order valence-electron chi connectivity index (χ2n) is 3.59. The van der Waals surface area contributed by atoms with Crippen LogP contribution in [0.2, 0.25) is 0 Å². The molecule has 1 heterocycles. The fourth-order valence-corrected chi connectivity index (χ4v) is 1.61. The van der Waals surface area contributed by atoms with Gasteiger partial charge in [-0.1, -0.05) is 0 Å². The van der Waals surface area contributed by atoms with Crippen LogP contribution >= 0.6 is 0 Å². The van der Waals surface area contributed by atoms with Crippen LogP contribution in [0.1, 0.15) is 19.3 Å². The third kappa shape index (κ3) is 5.19. The first kappa shape index (κ1) is 13.1. The van der Waals surface area contributed by atoms with Gasteiger partial charge in [0.15, 0.2) is 0 Å². The predicted molar refractivity (Wildman–Crippen MR) is 49.7 cm³/mol. The van der Waals surface area contributed by atoms with Gasteiger partial charge in [-0.15, -0.1) is 20.2 Å². The summed E-state index contributed by atoms with van der Waals surface area (Å²) in [6.45, 7) is 1.73. The summed E-state index contributed by atoms with van der Waals surface area (Å²) < 4.78 is 0. The maximum Gasteiger partial charge on any atom is 0.346 e. The molecule has 0 amide bonds. The lowest BCUT2D eigenvalue weighted by atomic mass is 9.95. The van der Waals surface area contributed by atoms with Gasteiger partial charge in [0.2, 0.25) is 0 Å². The van der Waals surface area contributed by atoms with Crippen molar-refractivity contribution in [3.8, 4) is 0 Å². The number of rotatable bonds is 6. The minimum absolute atomic E-state index is 0.0848. The molecule has 1 unspecified atom stereocenters. The van der Waals surface area contributed by atoms with E-state index < -0.39 is 10.2 Å². The van der Waals surface area contributed by atoms with Gasteiger partial charge in [0.05, 0.1) is 0 Å². The van der Waals surface area contributed by atoms with E-state index in [4.69, 9.17) is 5.21 Å². The third-order valence-electron chi connectivity index (χ3n) is 2.41. The zero-order valence-electron chi connectivity index (χ0n) is 8.70. The van der Waals surface area contributed by atoms with Gasteiger partial charge in [-0.25, -0.2) is 0 Å². The predicted octanol–water partition coefficient (Wildman–Crippen LogP) is 0.135. The Morgan fingerprint density at radius 3 is 2.69 bits per heavy atom. The Kier molecular flexibility index (Phi) is 4.83. The Labute approximate surface area is 91.7 Å². The van der Waals surface area contributed by atoms with Crippen molar-refractivity contribution in [2.75, 3.05) is 19.7 Å². The normalized spacial score (nSPS) is 21.4. The average molecular weight is 237 g/mol. The van der Waals surface area contributed by atoms with Crippen molar-refractivity contribution in [1.82, 2.24) is 5.32 Å². The third-order valence-corrected chi connectivity index (χ3v) is 2.41. The van der Waals surface area contributed by atoms with E-state index in [1.165, 1.54) is 0 Å². The van der Waals surface area contributed by atoms with Gasteiger partial charge in [-0.2, -0.15) is 0 Å². The van der Waals surface area contributed by atoms with Gasteiger partial charge in [0.25, 0.3) is 0 Å². The van der Waals surface area contributed by atoms with Gasteiger partial charge < -0.3 is 10.5 Å². The Bertz CT molecular complexity index is 230. The van der Waals surface area contributed by atoms with Crippen LogP contribution in [-0.2, 0) is 9.78 Å². The average Bonchev–Trinajstić information content (AvgIpc) is 2.16. The van der Waals surface area contributed by atoms with E-state index >= 15 is 0 Å². The zero-order chi connectivity index (χ0) is 12.0. The Hall–Kier alpha value is -1.00. The van der Waals surface area contributed by atoms with E-state index in [-0.39, 0.29) is 6.61 Å². The molecular formula is C7H15N3O6. The molecule has 0 aromatic rings. The summed E-state index contributed by atoms with van der Waals surface area (Å²) >= 11 is 0. The molecule has 0 saturated carbocycles. The highest BCUT2D eigenvalue weighted by atomic mass is 17.4. The molecule has 1 fully saturated rings. The first-order chi connectivity index (χ1) is 7.49. The lowest BCUT2D eigenvalue weighted by molar-refractivity contribution is -1.41. The maximum atomic E-state index is 10.7. The van der Waals surface area contributed by atoms with Crippen molar-refractivity contribution >= 4 is 0 Å². The van der Waals surface area contributed by atoms with Crippen molar-refractivity contribution in [3.63, 3.8) is 0 Å². The second-order valence-corrected chi connectivity index (χ2v) is 3.59. The van der Waals surface area contributed by atoms with Crippen molar-refractivity contribution in [3.05, 3.63) is 15.3 Å². The van der Waals surface area contributed by atoms with E-state index in [0.29, 0.717) is 12.3 Å². The van der Waals surface area contributed by atoms with E-state index in [1.807, 2.05) is 0 Å². The molecule has 1 saturated heterocycles. The standard InChI is InChI=1S/C7H15N3O6/c11-9(12)16-10(13,14)15-6-3-7-1-4-8-5-2-7/h7-8,13H,1-6H2. The van der Waals surface area contributed by atoms with E-state index in [1.54, 1.807) is 0 Å². The number of hydrogen-bond donors (Lipinski definition) is 2. The summed E-state index contributed by atoms with van der Waals surface area (Å²) in [6.07, 6.45) is 2.49. The van der Waals surface area contributed by atoms with Gasteiger partial charge in [0.1, 0.15) is 11.7 Å². The molecule has 1 aliphatic heterocycles. The van der Waals surface area contributed by atoms with E-state index in [0.717, 1.165) is 25.9 Å². The first-order valence-electron chi connectivity index (χ1n) is 5.02. The summed E-state index contributed by atoms with van der Waals surface area (Å²) in [5.41, 5.74) is 0. The highest BCUT2D eigenvalue weighted by molar-refractivity contribution is 4.67. The molecule has 0 bridgehead atoms. The molecule has 9 heteroatoms. The van der Waals surface area contributed by atoms with Gasteiger partial charge in [0, 0.05) is 0 Å². The minimum atomic E-state index is -2.75. The SMILES string of the molecule is O=[N+]([O-])O[N+]([O-])(O)OCCC1CCNCC1. The molecule has 0 aromatic carbocycles. The molecule has 2 N–H and O–H groups in total. The van der Waals surface area contributed by atoms with Crippen molar-refractivity contribution in [2.24, 2.45) is 5.92 Å². The Balaban J connectivity index is 2.15. The van der Waals surface area contributed by atoms with Crippen LogP contribution in [0.25, 0.3) is 0 Å². The maximum absolute atomic E-state index is 10.7. The topological polar surface area (TPSA) is 117 Å². The fourth-order valence-electron chi connectivity index (χ4n) is 1.61. The molecule has 9 nitrogen and oxygen atoms in total. The molecule has 1 aliphatic rings. The van der Waals surface area contributed by atoms with Gasteiger partial charge in [-0.05, 0) is 43.2 Å². The lowest BCUT2D eigenvalue weighted by Gasteiger charge is -2.25. The molecule has 0 aliphatic carbocycles. The molecule has 0 radical (unpaired) electrons. The number of quaternary nitrogens is 1. The van der Waals surface area contributed by atoms with Crippen LogP contribution in [-0.4, -0.2) is 35.1 Å². The quantitative estimate of drug-likeness (QED) is 0.383. The number of nitrogens with zero attached hydrogens (tertiary/aromatic N) is 2. The van der Waals surface area contributed by atoms with Crippen molar-refractivity contribution in [2.45, 2.75) is 19.3 Å². The lowest BCUT2D eigenvalue weighted by Crippen LogP contribution is -2.41. The van der Waals surface area contributed by atoms with Crippen LogP contribution in [0.5, 0.6) is 0 Å². The molecule has 94 valence electrons. The molecule has 1 rings (SSSR count). The summed E-state index contributed by atoms with van der Waals surface area (Å²) in [7, 11) is 0. The monoisotopic (exact) mass is 237 g/mol. The summed E-state index contributed by atoms with van der Waals surface area (Å²) in [4.78, 5) is 17.4. The summed E-state index contributed by atoms with van der Waals surface area (Å²) in [5, 5.41) is 28.3. The highest BCUT2D eigenvalue weighted by Gasteiger charge is 2.24. The van der Waals surface area contributed by atoms with Gasteiger partial charge >= 0.3 is 5.09 Å². The van der Waals surface area contributed by atoms with Gasteiger partial charge in [-0.3, -0.25) is 0 Å². The smallest absolute Gasteiger partial charge is 0.346 e. The van der Waals surface area contributed by atoms with Crippen molar-refractivity contribution < 1.29 is 25.2 Å². The van der Waals surface area contributed by atoms with Crippen LogP contribution < -0.4 is 5.32 Å². The summed E-state index contributed by atoms with van der Waals surface area (Å²) in [6, 6.07) is 0. The van der Waals surface area contributed by atoms with Crippen molar-refractivity contribution in [1.29, 1.82) is 0 Å². The van der Waals surface area contributed by atoms with Crippen LogP contribution in [0.4, 0.5) is 0 Å². The molecule has 0 aromatic heterocycles. The molecule has 0 spiro atoms. The highest BCUT2D eigenvalue weighted by Crippen LogP contribution is 2.16. The number of piperidine rings is 1. The van der Waals surface area contributed by atoms with Crippen LogP contribution in [0, 0.1) is 21.2 Å². The number of hydrogen-bond acceptors (Lipinski definition) is 7. The van der Waals surface area contributed by atoms with E-state index in [2.05, 4.69) is 15.1 Å². The van der Waals surface area contributed by atoms with E-state index in [9.17, 15) is 15.3 Å². The summed E-state index contributed by atoms with van der Waals surface area (Å²) in [5.74, 6) is 0.400. The Morgan fingerprint density at radius 1 is 1.50 bits per heavy atom. The molecule has 16 heavy (non-hydrogen) atoms. The zero-order valence-corrected chi connectivity index (χ0v) is 8.70. The molecular weight excluding hydrogens is 222 g/mol. The largest absolute Gasteiger partial charge is 0.526 e. The van der Waals surface area contributed by atoms with Crippen LogP contribution in [0.15, 0.2) is 0 Å². The Morgan fingerprint density at radius 2 is 2.12 bits per heavy atom. The first-order valence-corrected chi connectivity index (χ1v) is 5.02. The van der Waals surface area contributed by atoms with Crippen LogP contribution in [0.3, 0.4) is 0 Å². The molecule has 1 atom stereocenters. The second kappa shape index (κ2) is 5.92. The fraction of sp³-hybridized carbons (Fsp3) is 1.00.